The molecular weight excluding hydrogens is 250 g/mol. The lowest BCUT2D eigenvalue weighted by atomic mass is 9.98. The Balaban J connectivity index is 2.28. The molecule has 1 fully saturated rings. The summed E-state index contributed by atoms with van der Waals surface area (Å²) >= 11 is 0. The Morgan fingerprint density at radius 1 is 1.15 bits per heavy atom. The van der Waals surface area contributed by atoms with Gasteiger partial charge in [-0.2, -0.15) is 0 Å². The van der Waals surface area contributed by atoms with Crippen LogP contribution in [0.3, 0.4) is 0 Å². The van der Waals surface area contributed by atoms with Crippen molar-refractivity contribution in [3.8, 4) is 0 Å². The number of anilines is 2. The van der Waals surface area contributed by atoms with Crippen LogP contribution in [-0.2, 0) is 0 Å². The Hall–Kier alpha value is -1.36. The number of nitrogen functional groups attached to an aromatic ring is 1. The molecule has 0 radical (unpaired) electrons. The van der Waals surface area contributed by atoms with E-state index < -0.39 is 0 Å². The Kier molecular flexibility index (Phi) is 4.48. The normalized spacial score (nSPS) is 26.1. The van der Waals surface area contributed by atoms with Crippen molar-refractivity contribution in [2.75, 3.05) is 10.7 Å². The van der Waals surface area contributed by atoms with Gasteiger partial charge < -0.3 is 10.7 Å². The lowest BCUT2D eigenvalue weighted by molar-refractivity contribution is 0.435. The van der Waals surface area contributed by atoms with E-state index in [4.69, 9.17) is 5.84 Å². The van der Waals surface area contributed by atoms with Crippen LogP contribution in [0.15, 0.2) is 0 Å². The number of aromatic nitrogens is 2. The van der Waals surface area contributed by atoms with Crippen LogP contribution in [-0.4, -0.2) is 16.0 Å². The molecular formula is C15H27N5. The maximum atomic E-state index is 5.58. The fourth-order valence-corrected chi connectivity index (χ4v) is 2.82. The number of nitrogens with one attached hydrogen (secondary N) is 2. The van der Waals surface area contributed by atoms with Crippen molar-refractivity contribution < 1.29 is 0 Å². The van der Waals surface area contributed by atoms with Gasteiger partial charge >= 0.3 is 0 Å². The Bertz CT molecular complexity index is 472. The fourth-order valence-electron chi connectivity index (χ4n) is 2.82. The first-order chi connectivity index (χ1) is 9.43. The van der Waals surface area contributed by atoms with E-state index in [-0.39, 0.29) is 5.92 Å². The molecule has 0 amide bonds. The lowest BCUT2D eigenvalue weighted by Crippen LogP contribution is -2.26. The Labute approximate surface area is 121 Å². The largest absolute Gasteiger partial charge is 0.367 e. The first-order valence-corrected chi connectivity index (χ1v) is 7.55. The van der Waals surface area contributed by atoms with Gasteiger partial charge in [0, 0.05) is 17.5 Å². The third-order valence-corrected chi connectivity index (χ3v) is 4.60. The summed E-state index contributed by atoms with van der Waals surface area (Å²) in [5, 5.41) is 3.61. The van der Waals surface area contributed by atoms with E-state index in [9.17, 15) is 0 Å². The Morgan fingerprint density at radius 2 is 1.80 bits per heavy atom. The second-order valence-corrected chi connectivity index (χ2v) is 6.37. The van der Waals surface area contributed by atoms with Crippen molar-refractivity contribution in [3.05, 3.63) is 11.4 Å². The van der Waals surface area contributed by atoms with Crippen molar-refractivity contribution in [3.63, 3.8) is 0 Å². The third kappa shape index (κ3) is 2.87. The number of rotatable bonds is 4. The molecule has 3 unspecified atom stereocenters. The number of nitrogens with two attached hydrogens (primary N) is 1. The van der Waals surface area contributed by atoms with Gasteiger partial charge in [-0.3, -0.25) is 0 Å². The van der Waals surface area contributed by atoms with Crippen molar-refractivity contribution in [2.45, 2.75) is 59.4 Å². The van der Waals surface area contributed by atoms with Gasteiger partial charge in [0.2, 0.25) is 0 Å². The number of nitrogens with zero attached hydrogens (tertiary/aromatic N) is 2. The second-order valence-electron chi connectivity index (χ2n) is 6.37. The molecule has 2 rings (SSSR count). The minimum absolute atomic E-state index is 0.281. The molecule has 5 nitrogen and oxygen atoms in total. The highest BCUT2D eigenvalue weighted by molar-refractivity contribution is 5.57. The molecule has 0 aromatic carbocycles. The topological polar surface area (TPSA) is 75.9 Å². The number of hydrazine groups is 1. The van der Waals surface area contributed by atoms with Crippen molar-refractivity contribution >= 4 is 11.6 Å². The molecule has 20 heavy (non-hydrogen) atoms. The average molecular weight is 277 g/mol. The predicted octanol–water partition coefficient (Wildman–Crippen LogP) is 3.04. The molecule has 0 saturated heterocycles. The second kappa shape index (κ2) is 5.95. The van der Waals surface area contributed by atoms with E-state index in [2.05, 4.69) is 48.4 Å². The summed E-state index contributed by atoms with van der Waals surface area (Å²) in [4.78, 5) is 9.16. The molecule has 1 aliphatic carbocycles. The molecule has 3 atom stereocenters. The highest BCUT2D eigenvalue weighted by Gasteiger charge is 2.30. The summed E-state index contributed by atoms with van der Waals surface area (Å²) < 4.78 is 0. The molecule has 1 heterocycles. The minimum atomic E-state index is 0.281. The molecule has 0 aliphatic heterocycles. The standard InChI is InChI=1S/C15H27N5/c1-8(2)13-18-14(11(5)15(19-13)20-16)17-12-7-6-9(3)10(12)4/h8-10,12H,6-7,16H2,1-5H3,(H2,17,18,19,20). The highest BCUT2D eigenvalue weighted by atomic mass is 15.3. The van der Waals surface area contributed by atoms with Crippen LogP contribution in [0.4, 0.5) is 11.6 Å². The van der Waals surface area contributed by atoms with Crippen molar-refractivity contribution in [1.29, 1.82) is 0 Å². The lowest BCUT2D eigenvalue weighted by Gasteiger charge is -2.22. The van der Waals surface area contributed by atoms with Crippen LogP contribution in [0.1, 0.15) is 57.8 Å². The van der Waals surface area contributed by atoms with E-state index in [1.807, 2.05) is 6.92 Å². The summed E-state index contributed by atoms with van der Waals surface area (Å²) in [6.07, 6.45) is 2.48. The van der Waals surface area contributed by atoms with Gasteiger partial charge in [0.05, 0.1) is 0 Å². The zero-order valence-corrected chi connectivity index (χ0v) is 13.2. The predicted molar refractivity (Wildman–Crippen MR) is 83.6 cm³/mol. The summed E-state index contributed by atoms with van der Waals surface area (Å²) in [5.41, 5.74) is 3.67. The quantitative estimate of drug-likeness (QED) is 0.582. The summed E-state index contributed by atoms with van der Waals surface area (Å²) in [6.45, 7) is 10.8. The maximum absolute atomic E-state index is 5.58. The van der Waals surface area contributed by atoms with E-state index in [0.717, 1.165) is 23.1 Å². The zero-order chi connectivity index (χ0) is 14.9. The highest BCUT2D eigenvalue weighted by Crippen LogP contribution is 2.34. The van der Waals surface area contributed by atoms with Gasteiger partial charge in [-0.1, -0.05) is 27.7 Å². The van der Waals surface area contributed by atoms with Crippen molar-refractivity contribution in [2.24, 2.45) is 17.7 Å². The van der Waals surface area contributed by atoms with Gasteiger partial charge in [-0.15, -0.1) is 0 Å². The van der Waals surface area contributed by atoms with Crippen LogP contribution in [0, 0.1) is 18.8 Å². The first-order valence-electron chi connectivity index (χ1n) is 7.55. The zero-order valence-electron chi connectivity index (χ0n) is 13.2. The molecule has 0 spiro atoms. The van der Waals surface area contributed by atoms with Crippen LogP contribution in [0.25, 0.3) is 0 Å². The van der Waals surface area contributed by atoms with Gasteiger partial charge in [-0.25, -0.2) is 15.8 Å². The molecule has 1 aromatic heterocycles. The number of hydrogen-bond donors (Lipinski definition) is 3. The minimum Gasteiger partial charge on any atom is -0.367 e. The molecule has 4 N–H and O–H groups in total. The monoisotopic (exact) mass is 277 g/mol. The van der Waals surface area contributed by atoms with Crippen LogP contribution < -0.4 is 16.6 Å². The number of hydrogen-bond acceptors (Lipinski definition) is 5. The molecule has 112 valence electrons. The van der Waals surface area contributed by atoms with E-state index in [0.29, 0.717) is 17.8 Å². The van der Waals surface area contributed by atoms with E-state index in [1.54, 1.807) is 0 Å². The summed E-state index contributed by atoms with van der Waals surface area (Å²) in [6, 6.07) is 0.490. The van der Waals surface area contributed by atoms with Crippen LogP contribution in [0.2, 0.25) is 0 Å². The van der Waals surface area contributed by atoms with E-state index in [1.165, 1.54) is 12.8 Å². The van der Waals surface area contributed by atoms with Crippen LogP contribution in [0.5, 0.6) is 0 Å². The molecule has 1 saturated carbocycles. The summed E-state index contributed by atoms with van der Waals surface area (Å²) in [7, 11) is 0. The SMILES string of the molecule is Cc1c(NN)nc(C(C)C)nc1NC1CCC(C)C1C. The van der Waals surface area contributed by atoms with Gasteiger partial charge in [0.1, 0.15) is 17.5 Å². The smallest absolute Gasteiger partial charge is 0.148 e. The molecule has 1 aliphatic rings. The average Bonchev–Trinajstić information content (AvgIpc) is 2.72. The van der Waals surface area contributed by atoms with Gasteiger partial charge in [0.25, 0.3) is 0 Å². The fraction of sp³-hybridized carbons (Fsp3) is 0.733. The van der Waals surface area contributed by atoms with Crippen LogP contribution >= 0.6 is 0 Å². The first kappa shape index (κ1) is 15.0. The van der Waals surface area contributed by atoms with E-state index >= 15 is 0 Å². The van der Waals surface area contributed by atoms with Crippen molar-refractivity contribution in [1.82, 2.24) is 9.97 Å². The third-order valence-electron chi connectivity index (χ3n) is 4.60. The molecule has 0 bridgehead atoms. The molecule has 1 aromatic rings. The molecule has 5 heteroatoms. The van der Waals surface area contributed by atoms with Gasteiger partial charge in [-0.05, 0) is 31.6 Å². The Morgan fingerprint density at radius 3 is 2.30 bits per heavy atom. The maximum Gasteiger partial charge on any atom is 0.148 e. The van der Waals surface area contributed by atoms with Gasteiger partial charge in [0.15, 0.2) is 0 Å². The summed E-state index contributed by atoms with van der Waals surface area (Å²) in [5.74, 6) is 9.75.